The first-order chi connectivity index (χ1) is 7.79. The second-order valence-electron chi connectivity index (χ2n) is 4.06. The van der Waals surface area contributed by atoms with E-state index in [1.807, 2.05) is 6.92 Å². The van der Waals surface area contributed by atoms with E-state index in [4.69, 9.17) is 0 Å². The van der Waals surface area contributed by atoms with E-state index in [0.29, 0.717) is 6.54 Å². The zero-order chi connectivity index (χ0) is 11.4. The summed E-state index contributed by atoms with van der Waals surface area (Å²) >= 11 is 0. The normalized spacial score (nSPS) is 17.6. The zero-order valence-electron chi connectivity index (χ0n) is 9.62. The van der Waals surface area contributed by atoms with Crippen molar-refractivity contribution in [3.8, 4) is 0 Å². The molecule has 1 aliphatic rings. The Labute approximate surface area is 94.9 Å². The molecule has 5 heteroatoms. The molecule has 2 N–H and O–H groups in total. The fourth-order valence-corrected chi connectivity index (χ4v) is 1.86. The number of aryl methyl sites for hydroxylation is 1. The highest BCUT2D eigenvalue weighted by molar-refractivity contribution is 5.06. The van der Waals surface area contributed by atoms with Crippen molar-refractivity contribution >= 4 is 0 Å². The number of hydrogen-bond acceptors (Lipinski definition) is 4. The Balaban J connectivity index is 2.06. The van der Waals surface area contributed by atoms with E-state index < -0.39 is 0 Å². The molecule has 88 valence electrons. The summed E-state index contributed by atoms with van der Waals surface area (Å²) in [7, 11) is 0. The summed E-state index contributed by atoms with van der Waals surface area (Å²) in [6, 6.07) is 0. The molecule has 0 spiro atoms. The highest BCUT2D eigenvalue weighted by Gasteiger charge is 2.12. The maximum Gasteiger partial charge on any atom is 0.255 e. The first kappa shape index (κ1) is 11.3. The number of nitrogens with zero attached hydrogens (tertiary/aromatic N) is 2. The lowest BCUT2D eigenvalue weighted by atomic mass is 10.2. The van der Waals surface area contributed by atoms with Crippen LogP contribution in [0.1, 0.15) is 18.3 Å². The van der Waals surface area contributed by atoms with E-state index in [0.717, 1.165) is 44.0 Å². The second-order valence-corrected chi connectivity index (χ2v) is 4.06. The van der Waals surface area contributed by atoms with Crippen LogP contribution in [0, 0.1) is 0 Å². The van der Waals surface area contributed by atoms with Gasteiger partial charge in [-0.25, -0.2) is 4.98 Å². The lowest BCUT2D eigenvalue weighted by Gasteiger charge is -2.26. The standard InChI is InChI=1S/C11H18N4O/c1-2-10-13-7-9(11(16)14-10)8-15-5-3-12-4-6-15/h7,12H,2-6,8H2,1H3,(H,13,14,16). The van der Waals surface area contributed by atoms with E-state index in [-0.39, 0.29) is 5.56 Å². The molecule has 5 nitrogen and oxygen atoms in total. The van der Waals surface area contributed by atoms with Gasteiger partial charge in [-0.3, -0.25) is 9.69 Å². The van der Waals surface area contributed by atoms with Crippen LogP contribution in [0.4, 0.5) is 0 Å². The number of hydrogen-bond donors (Lipinski definition) is 2. The molecule has 2 heterocycles. The molecule has 0 aromatic carbocycles. The topological polar surface area (TPSA) is 61.0 Å². The van der Waals surface area contributed by atoms with Crippen molar-refractivity contribution < 1.29 is 0 Å². The minimum absolute atomic E-state index is 0.00498. The van der Waals surface area contributed by atoms with Gasteiger partial charge in [0, 0.05) is 50.9 Å². The lowest BCUT2D eigenvalue weighted by molar-refractivity contribution is 0.232. The first-order valence-corrected chi connectivity index (χ1v) is 5.79. The molecule has 1 fully saturated rings. The maximum atomic E-state index is 11.7. The fraction of sp³-hybridized carbons (Fsp3) is 0.636. The van der Waals surface area contributed by atoms with Gasteiger partial charge in [0.1, 0.15) is 5.82 Å². The predicted octanol–water partition coefficient (Wildman–Crippen LogP) is -0.262. The highest BCUT2D eigenvalue weighted by Crippen LogP contribution is 2.00. The van der Waals surface area contributed by atoms with Crippen molar-refractivity contribution in [3.63, 3.8) is 0 Å². The number of aromatic amines is 1. The molecular formula is C11H18N4O. The minimum atomic E-state index is 0.00498. The Morgan fingerprint density at radius 2 is 2.19 bits per heavy atom. The Kier molecular flexibility index (Phi) is 3.69. The van der Waals surface area contributed by atoms with Crippen molar-refractivity contribution in [3.05, 3.63) is 27.9 Å². The van der Waals surface area contributed by atoms with Gasteiger partial charge in [-0.2, -0.15) is 0 Å². The third-order valence-electron chi connectivity index (χ3n) is 2.86. The molecular weight excluding hydrogens is 204 g/mol. The number of H-pyrrole nitrogens is 1. The summed E-state index contributed by atoms with van der Waals surface area (Å²) in [6.07, 6.45) is 2.48. The average Bonchev–Trinajstić information content (AvgIpc) is 2.33. The maximum absolute atomic E-state index is 11.7. The van der Waals surface area contributed by atoms with Crippen molar-refractivity contribution in [1.82, 2.24) is 20.2 Å². The van der Waals surface area contributed by atoms with Crippen LogP contribution in [0.3, 0.4) is 0 Å². The quantitative estimate of drug-likeness (QED) is 0.739. The summed E-state index contributed by atoms with van der Waals surface area (Å²) in [5.74, 6) is 0.758. The van der Waals surface area contributed by atoms with Gasteiger partial charge in [-0.1, -0.05) is 6.92 Å². The molecule has 0 radical (unpaired) electrons. The molecule has 1 aromatic heterocycles. The van der Waals surface area contributed by atoms with Gasteiger partial charge in [0.2, 0.25) is 0 Å². The van der Waals surface area contributed by atoms with E-state index in [9.17, 15) is 4.79 Å². The zero-order valence-corrected chi connectivity index (χ0v) is 9.62. The fourth-order valence-electron chi connectivity index (χ4n) is 1.86. The molecule has 0 saturated carbocycles. The first-order valence-electron chi connectivity index (χ1n) is 5.79. The molecule has 0 bridgehead atoms. The lowest BCUT2D eigenvalue weighted by Crippen LogP contribution is -2.43. The summed E-state index contributed by atoms with van der Waals surface area (Å²) in [5, 5.41) is 3.29. The van der Waals surface area contributed by atoms with Gasteiger partial charge >= 0.3 is 0 Å². The van der Waals surface area contributed by atoms with Crippen LogP contribution in [0.15, 0.2) is 11.0 Å². The SMILES string of the molecule is CCc1ncc(CN2CCNCC2)c(=O)[nH]1. The van der Waals surface area contributed by atoms with Crippen LogP contribution < -0.4 is 10.9 Å². The highest BCUT2D eigenvalue weighted by atomic mass is 16.1. The minimum Gasteiger partial charge on any atom is -0.314 e. The van der Waals surface area contributed by atoms with Crippen molar-refractivity contribution in [2.45, 2.75) is 19.9 Å². The summed E-state index contributed by atoms with van der Waals surface area (Å²) < 4.78 is 0. The number of nitrogens with one attached hydrogen (secondary N) is 2. The third kappa shape index (κ3) is 2.68. The second kappa shape index (κ2) is 5.23. The molecule has 0 aliphatic carbocycles. The van der Waals surface area contributed by atoms with E-state index in [2.05, 4.69) is 20.2 Å². The van der Waals surface area contributed by atoms with Crippen LogP contribution >= 0.6 is 0 Å². The van der Waals surface area contributed by atoms with E-state index in [1.54, 1.807) is 6.20 Å². The van der Waals surface area contributed by atoms with Gasteiger partial charge in [0.25, 0.3) is 5.56 Å². The smallest absolute Gasteiger partial charge is 0.255 e. The van der Waals surface area contributed by atoms with Crippen molar-refractivity contribution in [2.24, 2.45) is 0 Å². The molecule has 0 unspecified atom stereocenters. The van der Waals surface area contributed by atoms with Crippen LogP contribution in [-0.4, -0.2) is 41.0 Å². The number of aromatic nitrogens is 2. The molecule has 2 rings (SSSR count). The average molecular weight is 222 g/mol. The van der Waals surface area contributed by atoms with Crippen molar-refractivity contribution in [2.75, 3.05) is 26.2 Å². The molecule has 1 aliphatic heterocycles. The summed E-state index contributed by atoms with van der Waals surface area (Å²) in [6.45, 7) is 6.67. The molecule has 0 atom stereocenters. The van der Waals surface area contributed by atoms with Crippen LogP contribution in [0.5, 0.6) is 0 Å². The van der Waals surface area contributed by atoms with E-state index in [1.165, 1.54) is 0 Å². The Hall–Kier alpha value is -1.20. The largest absolute Gasteiger partial charge is 0.314 e. The van der Waals surface area contributed by atoms with Crippen molar-refractivity contribution in [1.29, 1.82) is 0 Å². The number of rotatable bonds is 3. The van der Waals surface area contributed by atoms with Gasteiger partial charge in [-0.05, 0) is 0 Å². The van der Waals surface area contributed by atoms with Crippen LogP contribution in [0.25, 0.3) is 0 Å². The summed E-state index contributed by atoms with van der Waals surface area (Å²) in [4.78, 5) is 21.0. The molecule has 16 heavy (non-hydrogen) atoms. The van der Waals surface area contributed by atoms with Crippen LogP contribution in [-0.2, 0) is 13.0 Å². The summed E-state index contributed by atoms with van der Waals surface area (Å²) in [5.41, 5.74) is 0.768. The molecule has 1 saturated heterocycles. The number of piperazine rings is 1. The Morgan fingerprint density at radius 1 is 1.44 bits per heavy atom. The Bertz CT molecular complexity index is 395. The third-order valence-corrected chi connectivity index (χ3v) is 2.86. The van der Waals surface area contributed by atoms with E-state index >= 15 is 0 Å². The van der Waals surface area contributed by atoms with Gasteiger partial charge in [0.05, 0.1) is 0 Å². The molecule has 1 aromatic rings. The Morgan fingerprint density at radius 3 is 2.81 bits per heavy atom. The van der Waals surface area contributed by atoms with Gasteiger partial charge < -0.3 is 10.3 Å². The monoisotopic (exact) mass is 222 g/mol. The van der Waals surface area contributed by atoms with Gasteiger partial charge in [0.15, 0.2) is 0 Å². The molecule has 0 amide bonds. The van der Waals surface area contributed by atoms with Gasteiger partial charge in [-0.15, -0.1) is 0 Å². The predicted molar refractivity (Wildman–Crippen MR) is 62.4 cm³/mol. The van der Waals surface area contributed by atoms with Crippen LogP contribution in [0.2, 0.25) is 0 Å².